The average molecular weight is 429 g/mol. The molecule has 1 aromatic heterocycles. The zero-order chi connectivity index (χ0) is 21.2. The van der Waals surface area contributed by atoms with Gasteiger partial charge in [0.1, 0.15) is 11.2 Å². The van der Waals surface area contributed by atoms with E-state index in [0.29, 0.717) is 0 Å². The monoisotopic (exact) mass is 428 g/mol. The van der Waals surface area contributed by atoms with Gasteiger partial charge >= 0.3 is 0 Å². The largest absolute Gasteiger partial charge is 0.456 e. The maximum absolute atomic E-state index is 6.21. The average Bonchev–Trinajstić information content (AvgIpc) is 3.23. The van der Waals surface area contributed by atoms with Crippen LogP contribution in [0, 0.1) is 0 Å². The van der Waals surface area contributed by atoms with E-state index in [1.807, 2.05) is 24.3 Å². The van der Waals surface area contributed by atoms with Gasteiger partial charge in [0.05, 0.1) is 0 Å². The Bertz CT molecular complexity index is 1820. The van der Waals surface area contributed by atoms with E-state index in [1.165, 1.54) is 43.3 Å². The fraction of sp³-hybridized carbons (Fsp3) is 0. The Morgan fingerprint density at radius 2 is 1.06 bits per heavy atom. The van der Waals surface area contributed by atoms with Crippen LogP contribution >= 0.6 is 11.6 Å². The molecule has 0 aliphatic heterocycles. The van der Waals surface area contributed by atoms with Gasteiger partial charge < -0.3 is 4.42 Å². The lowest BCUT2D eigenvalue weighted by molar-refractivity contribution is 0.669. The minimum atomic E-state index is 0.750. The maximum Gasteiger partial charge on any atom is 0.136 e. The van der Waals surface area contributed by atoms with Crippen LogP contribution in [0.4, 0.5) is 0 Å². The Kier molecular flexibility index (Phi) is 3.67. The highest BCUT2D eigenvalue weighted by atomic mass is 35.5. The van der Waals surface area contributed by atoms with Gasteiger partial charge in [-0.2, -0.15) is 0 Å². The normalized spacial score (nSPS) is 11.9. The molecule has 1 heterocycles. The van der Waals surface area contributed by atoms with Crippen molar-refractivity contribution in [2.45, 2.75) is 0 Å². The smallest absolute Gasteiger partial charge is 0.136 e. The van der Waals surface area contributed by atoms with Gasteiger partial charge in [-0.25, -0.2) is 0 Å². The number of benzene rings is 6. The van der Waals surface area contributed by atoms with Crippen LogP contribution in [-0.4, -0.2) is 0 Å². The van der Waals surface area contributed by atoms with Gasteiger partial charge in [0, 0.05) is 21.2 Å². The zero-order valence-electron chi connectivity index (χ0n) is 17.1. The number of halogens is 1. The Hall–Kier alpha value is -3.81. The molecule has 0 atom stereocenters. The summed E-state index contributed by atoms with van der Waals surface area (Å²) in [6.45, 7) is 0. The number of hydrogen-bond donors (Lipinski definition) is 0. The molecule has 0 saturated carbocycles. The zero-order valence-corrected chi connectivity index (χ0v) is 17.9. The predicted octanol–water partition coefficient (Wildman–Crippen LogP) is 9.37. The molecule has 0 radical (unpaired) electrons. The Morgan fingerprint density at radius 3 is 1.91 bits per heavy atom. The van der Waals surface area contributed by atoms with Crippen LogP contribution in [0.5, 0.6) is 0 Å². The number of hydrogen-bond acceptors (Lipinski definition) is 1. The van der Waals surface area contributed by atoms with Crippen molar-refractivity contribution < 1.29 is 4.42 Å². The highest BCUT2D eigenvalue weighted by Crippen LogP contribution is 2.43. The molecule has 2 heteroatoms. The van der Waals surface area contributed by atoms with Crippen molar-refractivity contribution in [1.82, 2.24) is 0 Å². The molecule has 0 saturated heterocycles. The van der Waals surface area contributed by atoms with Crippen LogP contribution in [0.2, 0.25) is 5.02 Å². The molecule has 0 aliphatic carbocycles. The molecule has 150 valence electrons. The first-order valence-corrected chi connectivity index (χ1v) is 11.1. The van der Waals surface area contributed by atoms with E-state index in [0.717, 1.165) is 27.1 Å². The summed E-state index contributed by atoms with van der Waals surface area (Å²) in [6.07, 6.45) is 0. The van der Waals surface area contributed by atoms with E-state index in [9.17, 15) is 0 Å². The third-order valence-electron chi connectivity index (χ3n) is 6.52. The molecule has 1 nitrogen and oxygen atoms in total. The van der Waals surface area contributed by atoms with E-state index >= 15 is 0 Å². The third-order valence-corrected chi connectivity index (χ3v) is 6.77. The number of fused-ring (bicyclic) bond motifs is 10. The van der Waals surface area contributed by atoms with Gasteiger partial charge in [0.15, 0.2) is 0 Å². The molecule has 7 aromatic rings. The fourth-order valence-electron chi connectivity index (χ4n) is 5.08. The van der Waals surface area contributed by atoms with Gasteiger partial charge in [-0.15, -0.1) is 0 Å². The maximum atomic E-state index is 6.21. The summed E-state index contributed by atoms with van der Waals surface area (Å²) in [5, 5.41) is 10.6. The summed E-state index contributed by atoms with van der Waals surface area (Å²) >= 11 is 6.12. The minimum absolute atomic E-state index is 0.750. The van der Waals surface area contributed by atoms with Gasteiger partial charge in [0.2, 0.25) is 0 Å². The highest BCUT2D eigenvalue weighted by Gasteiger charge is 2.16. The van der Waals surface area contributed by atoms with Crippen molar-refractivity contribution in [2.75, 3.05) is 0 Å². The Labute approximate surface area is 189 Å². The second-order valence-electron chi connectivity index (χ2n) is 8.27. The summed E-state index contributed by atoms with van der Waals surface area (Å²) in [5.41, 5.74) is 4.20. The van der Waals surface area contributed by atoms with Gasteiger partial charge in [-0.3, -0.25) is 0 Å². The lowest BCUT2D eigenvalue weighted by atomic mass is 9.90. The molecular weight excluding hydrogens is 412 g/mol. The van der Waals surface area contributed by atoms with Crippen molar-refractivity contribution in [2.24, 2.45) is 0 Å². The van der Waals surface area contributed by atoms with Crippen molar-refractivity contribution in [1.29, 1.82) is 0 Å². The molecule has 0 bridgehead atoms. The van der Waals surface area contributed by atoms with Crippen molar-refractivity contribution in [3.8, 4) is 11.1 Å². The summed E-state index contributed by atoms with van der Waals surface area (Å²) in [5.74, 6) is 0. The molecule has 0 amide bonds. The van der Waals surface area contributed by atoms with Crippen LogP contribution in [0.15, 0.2) is 108 Å². The molecule has 32 heavy (non-hydrogen) atoms. The molecule has 6 aromatic carbocycles. The molecule has 0 aliphatic rings. The molecule has 0 spiro atoms. The van der Waals surface area contributed by atoms with Crippen molar-refractivity contribution >= 4 is 65.9 Å². The van der Waals surface area contributed by atoms with E-state index < -0.39 is 0 Å². The predicted molar refractivity (Wildman–Crippen MR) is 137 cm³/mol. The highest BCUT2D eigenvalue weighted by molar-refractivity contribution is 6.34. The number of para-hydroxylation sites is 1. The first kappa shape index (κ1) is 17.8. The second-order valence-corrected chi connectivity index (χ2v) is 8.71. The van der Waals surface area contributed by atoms with E-state index in [4.69, 9.17) is 16.0 Å². The third kappa shape index (κ3) is 2.46. The molecule has 7 rings (SSSR count). The van der Waals surface area contributed by atoms with Gasteiger partial charge in [-0.05, 0) is 74.5 Å². The van der Waals surface area contributed by atoms with Crippen LogP contribution in [-0.2, 0) is 0 Å². The van der Waals surface area contributed by atoms with E-state index in [1.54, 1.807) is 0 Å². The lowest BCUT2D eigenvalue weighted by Gasteiger charge is -2.13. The van der Waals surface area contributed by atoms with E-state index in [-0.39, 0.29) is 0 Å². The lowest BCUT2D eigenvalue weighted by Crippen LogP contribution is -1.86. The summed E-state index contributed by atoms with van der Waals surface area (Å²) in [7, 11) is 0. The number of rotatable bonds is 1. The minimum Gasteiger partial charge on any atom is -0.456 e. The van der Waals surface area contributed by atoms with Crippen LogP contribution < -0.4 is 0 Å². The molecular formula is C30H17ClO. The summed E-state index contributed by atoms with van der Waals surface area (Å²) < 4.78 is 6.21. The number of furan rings is 1. The van der Waals surface area contributed by atoms with Gasteiger partial charge in [-0.1, -0.05) is 78.3 Å². The first-order chi connectivity index (χ1) is 15.8. The Morgan fingerprint density at radius 1 is 0.438 bits per heavy atom. The molecule has 0 N–H and O–H groups in total. The topological polar surface area (TPSA) is 13.1 Å². The standard InChI is InChI=1S/C30H17ClO/c31-20-12-9-18(10-13-20)19-11-14-22-21-5-1-2-6-23(21)29-24(26(22)17-19)15-16-28-30(29)25-7-3-4-8-27(25)32-28/h1-17H. The second kappa shape index (κ2) is 6.59. The Balaban J connectivity index is 1.70. The quantitative estimate of drug-likeness (QED) is 0.237. The summed E-state index contributed by atoms with van der Waals surface area (Å²) in [4.78, 5) is 0. The van der Waals surface area contributed by atoms with Crippen LogP contribution in [0.25, 0.3) is 65.4 Å². The van der Waals surface area contributed by atoms with Crippen LogP contribution in [0.3, 0.4) is 0 Å². The van der Waals surface area contributed by atoms with Crippen molar-refractivity contribution in [3.05, 3.63) is 108 Å². The van der Waals surface area contributed by atoms with Gasteiger partial charge in [0.25, 0.3) is 0 Å². The SMILES string of the molecule is Clc1ccc(-c2ccc3c4ccccc4c4c(ccc5oc6ccccc6c54)c3c2)cc1. The molecule has 0 unspecified atom stereocenters. The van der Waals surface area contributed by atoms with Crippen molar-refractivity contribution in [3.63, 3.8) is 0 Å². The summed E-state index contributed by atoms with van der Waals surface area (Å²) in [6, 6.07) is 36.1. The first-order valence-electron chi connectivity index (χ1n) is 10.7. The van der Waals surface area contributed by atoms with Crippen LogP contribution in [0.1, 0.15) is 0 Å². The fourth-order valence-corrected chi connectivity index (χ4v) is 5.21. The van der Waals surface area contributed by atoms with E-state index in [2.05, 4.69) is 78.9 Å². The molecule has 0 fully saturated rings.